The van der Waals surface area contributed by atoms with Crippen molar-refractivity contribution in [2.45, 2.75) is 37.4 Å². The lowest BCUT2D eigenvalue weighted by atomic mass is 10.2. The number of carbonyl (C=O) groups excluding carboxylic acids is 1. The van der Waals surface area contributed by atoms with Crippen LogP contribution in [-0.4, -0.2) is 40.0 Å². The van der Waals surface area contributed by atoms with Crippen LogP contribution >= 0.6 is 0 Å². The summed E-state index contributed by atoms with van der Waals surface area (Å²) in [5.41, 5.74) is -1.28. The van der Waals surface area contributed by atoms with Crippen LogP contribution in [-0.2, 0) is 21.0 Å². The van der Waals surface area contributed by atoms with E-state index in [4.69, 9.17) is 0 Å². The Labute approximate surface area is 145 Å². The summed E-state index contributed by atoms with van der Waals surface area (Å²) in [4.78, 5) is 11.0. The van der Waals surface area contributed by atoms with E-state index in [1.807, 2.05) is 11.6 Å². The van der Waals surface area contributed by atoms with E-state index < -0.39 is 38.6 Å². The molecule has 6 nitrogen and oxygen atoms in total. The molecule has 0 saturated carbocycles. The number of hydrogen-bond acceptors (Lipinski definition) is 4. The molecule has 0 radical (unpaired) electrons. The molecule has 1 aromatic carbocycles. The quantitative estimate of drug-likeness (QED) is 0.566. The molecule has 1 aromatic rings. The molecule has 0 saturated heterocycles. The maximum Gasteiger partial charge on any atom is 0.417 e. The van der Waals surface area contributed by atoms with Gasteiger partial charge in [0.1, 0.15) is 0 Å². The highest BCUT2D eigenvalue weighted by Gasteiger charge is 2.37. The molecule has 0 bridgehead atoms. The van der Waals surface area contributed by atoms with Gasteiger partial charge in [0.25, 0.3) is 0 Å². The molecule has 1 atom stereocenters. The van der Waals surface area contributed by atoms with E-state index in [2.05, 4.69) is 10.6 Å². The third kappa shape index (κ3) is 6.63. The summed E-state index contributed by atoms with van der Waals surface area (Å²) in [5.74, 6) is -0.619. The van der Waals surface area contributed by atoms with Crippen LogP contribution in [0.25, 0.3) is 0 Å². The molecule has 0 fully saturated rings. The highest BCUT2D eigenvalue weighted by molar-refractivity contribution is 7.89. The second-order valence-corrected chi connectivity index (χ2v) is 7.06. The molecule has 0 aliphatic heterocycles. The van der Waals surface area contributed by atoms with Crippen molar-refractivity contribution in [1.29, 1.82) is 0 Å². The molecule has 0 aliphatic carbocycles. The lowest BCUT2D eigenvalue weighted by Gasteiger charge is -2.17. The molecule has 1 amide bonds. The van der Waals surface area contributed by atoms with Gasteiger partial charge in [-0.3, -0.25) is 4.79 Å². The van der Waals surface area contributed by atoms with E-state index in [-0.39, 0.29) is 6.54 Å². The Morgan fingerprint density at radius 1 is 1.16 bits per heavy atom. The third-order valence-electron chi connectivity index (χ3n) is 3.23. The van der Waals surface area contributed by atoms with Crippen molar-refractivity contribution in [3.63, 3.8) is 0 Å². The smallest absolute Gasteiger partial charge is 0.353 e. The van der Waals surface area contributed by atoms with Crippen LogP contribution in [0.15, 0.2) is 29.2 Å². The highest BCUT2D eigenvalue weighted by Crippen LogP contribution is 2.33. The summed E-state index contributed by atoms with van der Waals surface area (Å²) in [6, 6.07) is 2.61. The number of alkyl halides is 3. The van der Waals surface area contributed by atoms with Crippen molar-refractivity contribution < 1.29 is 26.4 Å². The Hall–Kier alpha value is -1.65. The average molecular weight is 381 g/mol. The molecule has 0 heterocycles. The Morgan fingerprint density at radius 3 is 2.40 bits per heavy atom. The van der Waals surface area contributed by atoms with Crippen molar-refractivity contribution in [1.82, 2.24) is 15.4 Å². The first kappa shape index (κ1) is 21.4. The van der Waals surface area contributed by atoms with Gasteiger partial charge < -0.3 is 10.6 Å². The van der Waals surface area contributed by atoms with Crippen LogP contribution in [0.4, 0.5) is 13.2 Å². The summed E-state index contributed by atoms with van der Waals surface area (Å²) in [5, 5.41) is 5.56. The van der Waals surface area contributed by atoms with Gasteiger partial charge in [0, 0.05) is 13.1 Å². The summed E-state index contributed by atoms with van der Waals surface area (Å²) in [7, 11) is -4.50. The van der Waals surface area contributed by atoms with Gasteiger partial charge in [0.15, 0.2) is 0 Å². The van der Waals surface area contributed by atoms with Gasteiger partial charge >= 0.3 is 6.18 Å². The van der Waals surface area contributed by atoms with Crippen LogP contribution in [0.1, 0.15) is 25.8 Å². The van der Waals surface area contributed by atoms with Crippen molar-refractivity contribution >= 4 is 15.9 Å². The van der Waals surface area contributed by atoms with Gasteiger partial charge in [-0.05, 0) is 32.0 Å². The molecule has 1 rings (SSSR count). The Balaban J connectivity index is 2.77. The minimum Gasteiger partial charge on any atom is -0.353 e. The molecule has 0 spiro atoms. The zero-order chi connectivity index (χ0) is 19.1. The number of amides is 1. The summed E-state index contributed by atoms with van der Waals surface area (Å²) in [6.45, 7) is 4.83. The predicted octanol–water partition coefficient (Wildman–Crippen LogP) is 1.49. The van der Waals surface area contributed by atoms with Gasteiger partial charge in [-0.25, -0.2) is 8.42 Å². The molecular weight excluding hydrogens is 359 g/mol. The highest BCUT2D eigenvalue weighted by atomic mass is 32.2. The average Bonchev–Trinajstić information content (AvgIpc) is 2.53. The predicted molar refractivity (Wildman–Crippen MR) is 87.4 cm³/mol. The van der Waals surface area contributed by atoms with E-state index in [1.165, 1.54) is 13.0 Å². The van der Waals surface area contributed by atoms with Gasteiger partial charge in [-0.15, -0.1) is 0 Å². The van der Waals surface area contributed by atoms with Gasteiger partial charge in [0.2, 0.25) is 15.9 Å². The monoisotopic (exact) mass is 381 g/mol. The van der Waals surface area contributed by atoms with Crippen LogP contribution in [0, 0.1) is 0 Å². The van der Waals surface area contributed by atoms with Crippen LogP contribution < -0.4 is 15.4 Å². The van der Waals surface area contributed by atoms with Crippen molar-refractivity contribution in [2.24, 2.45) is 0 Å². The normalized spacial score (nSPS) is 13.5. The number of rotatable bonds is 9. The second-order valence-electron chi connectivity index (χ2n) is 5.38. The fourth-order valence-electron chi connectivity index (χ4n) is 2.01. The van der Waals surface area contributed by atoms with Crippen molar-refractivity contribution in [3.8, 4) is 0 Å². The van der Waals surface area contributed by atoms with Crippen LogP contribution in [0.2, 0.25) is 0 Å². The van der Waals surface area contributed by atoms with Crippen molar-refractivity contribution in [3.05, 3.63) is 29.8 Å². The standard InChI is InChI=1S/C15H22F3N3O3S/c1-3-8-19-9-10-20-14(22)11(2)21-25(23,24)13-7-5-4-6-12(13)15(16,17)18/h4-7,11,19,21H,3,8-10H2,1-2H3,(H,20,22). The molecule has 142 valence electrons. The number of hydrogen-bond donors (Lipinski definition) is 3. The van der Waals surface area contributed by atoms with E-state index in [9.17, 15) is 26.4 Å². The molecular formula is C15H22F3N3O3S. The van der Waals surface area contributed by atoms with E-state index >= 15 is 0 Å². The lowest BCUT2D eigenvalue weighted by molar-refractivity contribution is -0.139. The van der Waals surface area contributed by atoms with E-state index in [0.29, 0.717) is 12.6 Å². The summed E-state index contributed by atoms with van der Waals surface area (Å²) in [6.07, 6.45) is -3.88. The first-order valence-electron chi connectivity index (χ1n) is 7.76. The fraction of sp³-hybridized carbons (Fsp3) is 0.533. The van der Waals surface area contributed by atoms with Crippen molar-refractivity contribution in [2.75, 3.05) is 19.6 Å². The molecule has 0 aromatic heterocycles. The molecule has 10 heteroatoms. The molecule has 1 unspecified atom stereocenters. The molecule has 3 N–H and O–H groups in total. The Morgan fingerprint density at radius 2 is 1.80 bits per heavy atom. The number of carbonyl (C=O) groups is 1. The largest absolute Gasteiger partial charge is 0.417 e. The van der Waals surface area contributed by atoms with Gasteiger partial charge in [-0.2, -0.15) is 17.9 Å². The second kappa shape index (κ2) is 9.16. The van der Waals surface area contributed by atoms with Crippen LogP contribution in [0.5, 0.6) is 0 Å². The fourth-order valence-corrected chi connectivity index (χ4v) is 3.44. The zero-order valence-corrected chi connectivity index (χ0v) is 14.8. The van der Waals surface area contributed by atoms with E-state index in [0.717, 1.165) is 25.1 Å². The maximum absolute atomic E-state index is 13.0. The zero-order valence-electron chi connectivity index (χ0n) is 14.0. The van der Waals surface area contributed by atoms with Gasteiger partial charge in [0.05, 0.1) is 16.5 Å². The minimum atomic E-state index is -4.82. The topological polar surface area (TPSA) is 87.3 Å². The lowest BCUT2D eigenvalue weighted by Crippen LogP contribution is -2.46. The first-order chi connectivity index (χ1) is 11.6. The number of halogens is 3. The van der Waals surface area contributed by atoms with Crippen LogP contribution in [0.3, 0.4) is 0 Å². The van der Waals surface area contributed by atoms with Gasteiger partial charge in [-0.1, -0.05) is 19.1 Å². The van der Waals surface area contributed by atoms with E-state index in [1.54, 1.807) is 0 Å². The third-order valence-corrected chi connectivity index (χ3v) is 4.83. The summed E-state index contributed by atoms with van der Waals surface area (Å²) >= 11 is 0. The minimum absolute atomic E-state index is 0.282. The first-order valence-corrected chi connectivity index (χ1v) is 9.25. The number of sulfonamides is 1. The number of nitrogens with one attached hydrogen (secondary N) is 3. The summed E-state index contributed by atoms with van der Waals surface area (Å²) < 4.78 is 65.3. The molecule has 0 aliphatic rings. The Bertz CT molecular complexity index is 678. The SMILES string of the molecule is CCCNCCNC(=O)C(C)NS(=O)(=O)c1ccccc1C(F)(F)F. The Kier molecular flexibility index (Phi) is 7.84. The maximum atomic E-state index is 13.0. The number of benzene rings is 1. The molecule has 25 heavy (non-hydrogen) atoms.